The van der Waals surface area contributed by atoms with Crippen LogP contribution >= 0.6 is 11.6 Å². The van der Waals surface area contributed by atoms with E-state index in [0.717, 1.165) is 12.5 Å². The summed E-state index contributed by atoms with van der Waals surface area (Å²) in [5.41, 5.74) is 0.234. The molecule has 5 heteroatoms. The first kappa shape index (κ1) is 18.2. The molecule has 1 aromatic carbocycles. The van der Waals surface area contributed by atoms with Gasteiger partial charge in [-0.15, -0.1) is 0 Å². The summed E-state index contributed by atoms with van der Waals surface area (Å²) in [4.78, 5) is 12.4. The molecule has 0 N–H and O–H groups in total. The number of hydrogen-bond donors (Lipinski definition) is 0. The summed E-state index contributed by atoms with van der Waals surface area (Å²) in [6.07, 6.45) is 0.647. The lowest BCUT2D eigenvalue weighted by Crippen LogP contribution is -2.20. The average Bonchev–Trinajstić information content (AvgIpc) is 3.25. The van der Waals surface area contributed by atoms with Crippen LogP contribution in [0.4, 0.5) is 13.2 Å². The van der Waals surface area contributed by atoms with E-state index in [1.807, 2.05) is 24.3 Å². The minimum atomic E-state index is -4.46. The fourth-order valence-electron chi connectivity index (χ4n) is 3.64. The monoisotopic (exact) mass is 368 g/mol. The van der Waals surface area contributed by atoms with E-state index in [1.54, 1.807) is 0 Å². The Bertz CT molecular complexity index is 730. The van der Waals surface area contributed by atoms with Crippen molar-refractivity contribution in [2.45, 2.75) is 51.1 Å². The second-order valence-electron chi connectivity index (χ2n) is 7.20. The predicted molar refractivity (Wildman–Crippen MR) is 92.6 cm³/mol. The summed E-state index contributed by atoms with van der Waals surface area (Å²) in [6, 6.07) is 7.64. The van der Waals surface area contributed by atoms with Gasteiger partial charge in [-0.1, -0.05) is 42.8 Å². The van der Waals surface area contributed by atoms with E-state index in [4.69, 9.17) is 11.6 Å². The van der Waals surface area contributed by atoms with Crippen LogP contribution in [0.3, 0.4) is 0 Å². The largest absolute Gasteiger partial charge is 0.416 e. The number of ketones is 1. The van der Waals surface area contributed by atoms with Gasteiger partial charge < -0.3 is 0 Å². The van der Waals surface area contributed by atoms with Crippen molar-refractivity contribution < 1.29 is 18.0 Å². The van der Waals surface area contributed by atoms with Crippen molar-refractivity contribution in [1.82, 2.24) is 0 Å². The molecule has 0 aromatic heterocycles. The molecule has 0 spiro atoms. The Labute approximate surface area is 150 Å². The normalized spacial score (nSPS) is 26.0. The van der Waals surface area contributed by atoms with Crippen LogP contribution in [0.25, 0.3) is 0 Å². The maximum atomic E-state index is 13.1. The average molecular weight is 369 g/mol. The molecule has 3 rings (SSSR count). The second-order valence-corrected chi connectivity index (χ2v) is 7.63. The van der Waals surface area contributed by atoms with Crippen LogP contribution in [0, 0.1) is 5.41 Å². The van der Waals surface area contributed by atoms with E-state index in [1.165, 1.54) is 11.6 Å². The van der Waals surface area contributed by atoms with Gasteiger partial charge in [0.25, 0.3) is 0 Å². The SMILES string of the molecule is CC1(CCC(=O)C2=CCCC=C2C(F)(F)F)CC1c1ccc(Cl)cc1. The Kier molecular flexibility index (Phi) is 4.84. The molecule has 2 atom stereocenters. The van der Waals surface area contributed by atoms with Crippen LogP contribution in [0.5, 0.6) is 0 Å². The molecule has 2 unspecified atom stereocenters. The van der Waals surface area contributed by atoms with Gasteiger partial charge in [0.15, 0.2) is 5.78 Å². The minimum absolute atomic E-state index is 0.0270. The first-order valence-electron chi connectivity index (χ1n) is 8.47. The molecule has 0 amide bonds. The molecule has 134 valence electrons. The predicted octanol–water partition coefficient (Wildman–Crippen LogP) is 6.39. The van der Waals surface area contributed by atoms with Crippen molar-refractivity contribution in [2.24, 2.45) is 5.41 Å². The lowest BCUT2D eigenvalue weighted by atomic mass is 9.88. The zero-order chi connectivity index (χ0) is 18.2. The quantitative estimate of drug-likeness (QED) is 0.588. The van der Waals surface area contributed by atoms with Crippen LogP contribution in [0.2, 0.25) is 5.02 Å². The zero-order valence-electron chi connectivity index (χ0n) is 14.0. The van der Waals surface area contributed by atoms with E-state index in [0.29, 0.717) is 30.2 Å². The summed E-state index contributed by atoms with van der Waals surface area (Å²) < 4.78 is 39.2. The topological polar surface area (TPSA) is 17.1 Å². The van der Waals surface area contributed by atoms with Crippen LogP contribution in [0.1, 0.15) is 50.5 Å². The van der Waals surface area contributed by atoms with Crippen molar-refractivity contribution in [3.05, 3.63) is 58.1 Å². The lowest BCUT2D eigenvalue weighted by Gasteiger charge is -2.19. The smallest absolute Gasteiger partial charge is 0.294 e. The number of rotatable bonds is 5. The van der Waals surface area contributed by atoms with E-state index < -0.39 is 17.5 Å². The fourth-order valence-corrected chi connectivity index (χ4v) is 3.77. The molecular formula is C20H20ClF3O. The summed E-state index contributed by atoms with van der Waals surface area (Å²) in [7, 11) is 0. The van der Waals surface area contributed by atoms with Crippen LogP contribution < -0.4 is 0 Å². The molecule has 0 heterocycles. The van der Waals surface area contributed by atoms with E-state index in [9.17, 15) is 18.0 Å². The van der Waals surface area contributed by atoms with Gasteiger partial charge in [0.05, 0.1) is 5.57 Å². The summed E-state index contributed by atoms with van der Waals surface area (Å²) >= 11 is 5.90. The van der Waals surface area contributed by atoms with E-state index in [-0.39, 0.29) is 17.4 Å². The number of halogens is 4. The molecule has 25 heavy (non-hydrogen) atoms. The van der Waals surface area contributed by atoms with Gasteiger partial charge in [-0.3, -0.25) is 4.79 Å². The molecule has 1 fully saturated rings. The number of hydrogen-bond acceptors (Lipinski definition) is 1. The molecule has 0 saturated heterocycles. The van der Waals surface area contributed by atoms with E-state index in [2.05, 4.69) is 6.92 Å². The van der Waals surface area contributed by atoms with Gasteiger partial charge in [0, 0.05) is 17.0 Å². The number of carbonyl (C=O) groups is 1. The van der Waals surface area contributed by atoms with Crippen molar-refractivity contribution in [3.63, 3.8) is 0 Å². The third kappa shape index (κ3) is 4.00. The molecule has 1 aromatic rings. The van der Waals surface area contributed by atoms with Crippen LogP contribution in [0.15, 0.2) is 47.6 Å². The van der Waals surface area contributed by atoms with Gasteiger partial charge >= 0.3 is 6.18 Å². The molecule has 2 aliphatic carbocycles. The first-order chi connectivity index (χ1) is 11.7. The highest BCUT2D eigenvalue weighted by Gasteiger charge is 2.50. The summed E-state index contributed by atoms with van der Waals surface area (Å²) in [6.45, 7) is 2.09. The molecule has 0 radical (unpaired) electrons. The third-order valence-electron chi connectivity index (χ3n) is 5.31. The highest BCUT2D eigenvalue weighted by Crippen LogP contribution is 2.61. The Balaban J connectivity index is 1.62. The van der Waals surface area contributed by atoms with Crippen molar-refractivity contribution in [1.29, 1.82) is 0 Å². The zero-order valence-corrected chi connectivity index (χ0v) is 14.8. The lowest BCUT2D eigenvalue weighted by molar-refractivity contribution is -0.118. The van der Waals surface area contributed by atoms with Gasteiger partial charge in [-0.25, -0.2) is 0 Å². The molecule has 2 aliphatic rings. The number of Topliss-reactive ketones (excluding diaryl/α,β-unsaturated/α-hetero) is 1. The third-order valence-corrected chi connectivity index (χ3v) is 5.56. The number of allylic oxidation sites excluding steroid dienone is 4. The number of carbonyl (C=O) groups excluding carboxylic acids is 1. The standard InChI is InChI=1S/C20H20ClF3O/c1-19(12-17(19)13-6-8-14(21)9-7-13)11-10-18(25)15-4-2-3-5-16(15)20(22,23)24/h4-9,17H,2-3,10-12H2,1H3. The van der Waals surface area contributed by atoms with Gasteiger partial charge in [-0.2, -0.15) is 13.2 Å². The summed E-state index contributed by atoms with van der Waals surface area (Å²) in [5.74, 6) is -0.0539. The fraction of sp³-hybridized carbons (Fsp3) is 0.450. The van der Waals surface area contributed by atoms with Crippen molar-refractivity contribution in [3.8, 4) is 0 Å². The Morgan fingerprint density at radius 1 is 1.20 bits per heavy atom. The molecule has 0 bridgehead atoms. The minimum Gasteiger partial charge on any atom is -0.294 e. The highest BCUT2D eigenvalue weighted by molar-refractivity contribution is 6.30. The molecular weight excluding hydrogens is 349 g/mol. The van der Waals surface area contributed by atoms with Gasteiger partial charge in [-0.05, 0) is 54.7 Å². The van der Waals surface area contributed by atoms with Crippen molar-refractivity contribution in [2.75, 3.05) is 0 Å². The molecule has 0 aliphatic heterocycles. The molecule has 1 saturated carbocycles. The second kappa shape index (κ2) is 6.64. The Morgan fingerprint density at radius 3 is 2.48 bits per heavy atom. The van der Waals surface area contributed by atoms with Crippen LogP contribution in [-0.4, -0.2) is 12.0 Å². The van der Waals surface area contributed by atoms with Gasteiger partial charge in [0.1, 0.15) is 0 Å². The maximum Gasteiger partial charge on any atom is 0.416 e. The summed E-state index contributed by atoms with van der Waals surface area (Å²) in [5, 5.41) is 0.678. The number of alkyl halides is 3. The van der Waals surface area contributed by atoms with Crippen molar-refractivity contribution >= 4 is 17.4 Å². The molecule has 1 nitrogen and oxygen atoms in total. The van der Waals surface area contributed by atoms with E-state index >= 15 is 0 Å². The van der Waals surface area contributed by atoms with Gasteiger partial charge in [0.2, 0.25) is 0 Å². The maximum absolute atomic E-state index is 13.1. The Morgan fingerprint density at radius 2 is 1.84 bits per heavy atom. The highest BCUT2D eigenvalue weighted by atomic mass is 35.5. The number of benzene rings is 1. The van der Waals surface area contributed by atoms with Crippen LogP contribution in [-0.2, 0) is 4.79 Å². The first-order valence-corrected chi connectivity index (χ1v) is 8.85. The Hall–Kier alpha value is -1.55.